The first-order chi connectivity index (χ1) is 10.2. The van der Waals surface area contributed by atoms with Gasteiger partial charge in [-0.15, -0.1) is 24.0 Å². The monoisotopic (exact) mass is 419 g/mol. The Morgan fingerprint density at radius 1 is 1.32 bits per heavy atom. The summed E-state index contributed by atoms with van der Waals surface area (Å²) in [6, 6.07) is 2.01. The second-order valence-electron chi connectivity index (χ2n) is 6.15. The van der Waals surface area contributed by atoms with E-state index < -0.39 is 0 Å². The van der Waals surface area contributed by atoms with Crippen molar-refractivity contribution >= 4 is 29.9 Å². The Labute approximate surface area is 151 Å². The summed E-state index contributed by atoms with van der Waals surface area (Å²) >= 11 is 0. The molecule has 0 radical (unpaired) electrons. The molecule has 6 heteroatoms. The van der Waals surface area contributed by atoms with Gasteiger partial charge in [-0.2, -0.15) is 5.10 Å². The predicted molar refractivity (Wildman–Crippen MR) is 103 cm³/mol. The van der Waals surface area contributed by atoms with Crippen LogP contribution in [-0.4, -0.2) is 28.8 Å². The second kappa shape index (κ2) is 10.1. The molecule has 5 nitrogen and oxygen atoms in total. The van der Waals surface area contributed by atoms with Crippen LogP contribution in [0.4, 0.5) is 0 Å². The third-order valence-electron chi connectivity index (χ3n) is 4.36. The summed E-state index contributed by atoms with van der Waals surface area (Å²) in [7, 11) is 1.95. The zero-order chi connectivity index (χ0) is 15.1. The lowest BCUT2D eigenvalue weighted by Gasteiger charge is -2.26. The minimum absolute atomic E-state index is 0. The molecule has 0 spiro atoms. The van der Waals surface area contributed by atoms with Crippen LogP contribution in [-0.2, 0) is 13.6 Å². The number of aliphatic imine (C=N–C) groups is 1. The molecule has 126 valence electrons. The maximum absolute atomic E-state index is 4.65. The molecule has 0 atom stereocenters. The SMILES string of the molecule is CCNC(=NCc1ccnn1C)NCC1CCC(C)CC1.I. The molecular weight excluding hydrogens is 389 g/mol. The van der Waals surface area contributed by atoms with Crippen molar-refractivity contribution in [2.75, 3.05) is 13.1 Å². The van der Waals surface area contributed by atoms with Gasteiger partial charge in [-0.25, -0.2) is 4.99 Å². The van der Waals surface area contributed by atoms with Crippen molar-refractivity contribution < 1.29 is 0 Å². The van der Waals surface area contributed by atoms with Crippen LogP contribution in [0.25, 0.3) is 0 Å². The first-order valence-electron chi connectivity index (χ1n) is 8.18. The first-order valence-corrected chi connectivity index (χ1v) is 8.18. The molecule has 0 aliphatic heterocycles. The summed E-state index contributed by atoms with van der Waals surface area (Å²) < 4.78 is 1.87. The van der Waals surface area contributed by atoms with Crippen LogP contribution in [0, 0.1) is 11.8 Å². The molecule has 0 amide bonds. The highest BCUT2D eigenvalue weighted by Gasteiger charge is 2.18. The third kappa shape index (κ3) is 6.14. The van der Waals surface area contributed by atoms with Crippen molar-refractivity contribution in [2.45, 2.75) is 46.1 Å². The van der Waals surface area contributed by atoms with Crippen LogP contribution >= 0.6 is 24.0 Å². The van der Waals surface area contributed by atoms with Crippen LogP contribution < -0.4 is 10.6 Å². The molecule has 1 fully saturated rings. The normalized spacial score (nSPS) is 22.0. The second-order valence-corrected chi connectivity index (χ2v) is 6.15. The molecule has 2 N–H and O–H groups in total. The molecule has 0 aromatic carbocycles. The fourth-order valence-corrected chi connectivity index (χ4v) is 2.83. The largest absolute Gasteiger partial charge is 0.357 e. The van der Waals surface area contributed by atoms with E-state index in [1.165, 1.54) is 25.7 Å². The van der Waals surface area contributed by atoms with E-state index >= 15 is 0 Å². The summed E-state index contributed by atoms with van der Waals surface area (Å²) in [5.41, 5.74) is 1.12. The number of rotatable bonds is 5. The van der Waals surface area contributed by atoms with Crippen molar-refractivity contribution in [1.82, 2.24) is 20.4 Å². The van der Waals surface area contributed by atoms with Crippen molar-refractivity contribution in [1.29, 1.82) is 0 Å². The summed E-state index contributed by atoms with van der Waals surface area (Å²) in [5.74, 6) is 2.62. The van der Waals surface area contributed by atoms with E-state index in [-0.39, 0.29) is 24.0 Å². The topological polar surface area (TPSA) is 54.2 Å². The van der Waals surface area contributed by atoms with Crippen LogP contribution in [0.3, 0.4) is 0 Å². The van der Waals surface area contributed by atoms with Gasteiger partial charge in [0.1, 0.15) is 0 Å². The van der Waals surface area contributed by atoms with E-state index in [2.05, 4.69) is 34.6 Å². The summed E-state index contributed by atoms with van der Waals surface area (Å²) in [6.07, 6.45) is 7.24. The third-order valence-corrected chi connectivity index (χ3v) is 4.36. The predicted octanol–water partition coefficient (Wildman–Crippen LogP) is 2.92. The van der Waals surface area contributed by atoms with Gasteiger partial charge >= 0.3 is 0 Å². The zero-order valence-corrected chi connectivity index (χ0v) is 16.3. The molecule has 0 bridgehead atoms. The highest BCUT2D eigenvalue weighted by Crippen LogP contribution is 2.27. The molecule has 1 aliphatic rings. The van der Waals surface area contributed by atoms with E-state index in [0.29, 0.717) is 6.54 Å². The van der Waals surface area contributed by atoms with Gasteiger partial charge in [-0.3, -0.25) is 4.68 Å². The van der Waals surface area contributed by atoms with E-state index in [1.807, 2.05) is 24.0 Å². The lowest BCUT2D eigenvalue weighted by molar-refractivity contribution is 0.289. The number of nitrogens with zero attached hydrogens (tertiary/aromatic N) is 3. The van der Waals surface area contributed by atoms with Crippen molar-refractivity contribution in [3.05, 3.63) is 18.0 Å². The molecule has 1 heterocycles. The minimum Gasteiger partial charge on any atom is -0.357 e. The van der Waals surface area contributed by atoms with Gasteiger partial charge in [0.05, 0.1) is 12.2 Å². The number of aryl methyl sites for hydroxylation is 1. The van der Waals surface area contributed by atoms with Gasteiger partial charge in [-0.05, 0) is 37.7 Å². The Bertz CT molecular complexity index is 449. The van der Waals surface area contributed by atoms with Crippen LogP contribution in [0.1, 0.15) is 45.2 Å². The first kappa shape index (κ1) is 19.3. The molecule has 2 rings (SSSR count). The van der Waals surface area contributed by atoms with E-state index in [1.54, 1.807) is 0 Å². The molecule has 1 aromatic heterocycles. The Kier molecular flexibility index (Phi) is 8.82. The number of halogens is 1. The van der Waals surface area contributed by atoms with E-state index in [4.69, 9.17) is 0 Å². The molecule has 1 aliphatic carbocycles. The summed E-state index contributed by atoms with van der Waals surface area (Å²) in [6.45, 7) is 7.04. The quantitative estimate of drug-likeness (QED) is 0.439. The summed E-state index contributed by atoms with van der Waals surface area (Å²) in [4.78, 5) is 4.65. The maximum Gasteiger partial charge on any atom is 0.191 e. The van der Waals surface area contributed by atoms with E-state index in [9.17, 15) is 0 Å². The fraction of sp³-hybridized carbons (Fsp3) is 0.750. The minimum atomic E-state index is 0. The smallest absolute Gasteiger partial charge is 0.191 e. The van der Waals surface area contributed by atoms with Gasteiger partial charge in [-0.1, -0.05) is 19.8 Å². The van der Waals surface area contributed by atoms with Crippen molar-refractivity contribution in [2.24, 2.45) is 23.9 Å². The molecular formula is C16H30IN5. The Morgan fingerprint density at radius 2 is 2.05 bits per heavy atom. The number of guanidine groups is 1. The summed E-state index contributed by atoms with van der Waals surface area (Å²) in [5, 5.41) is 11.0. The molecule has 22 heavy (non-hydrogen) atoms. The standard InChI is InChI=1S/C16H29N5.HI/c1-4-17-16(19-12-15-9-10-20-21(15)3)18-11-14-7-5-13(2)6-8-14;/h9-10,13-14H,4-8,11-12H2,1-3H3,(H2,17,18,19);1H. The lowest BCUT2D eigenvalue weighted by atomic mass is 9.83. The highest BCUT2D eigenvalue weighted by atomic mass is 127. The highest BCUT2D eigenvalue weighted by molar-refractivity contribution is 14.0. The van der Waals surface area contributed by atoms with Gasteiger partial charge in [0.15, 0.2) is 5.96 Å². The zero-order valence-electron chi connectivity index (χ0n) is 14.0. The maximum atomic E-state index is 4.65. The van der Waals surface area contributed by atoms with Gasteiger partial charge < -0.3 is 10.6 Å². The number of hydrogen-bond donors (Lipinski definition) is 2. The van der Waals surface area contributed by atoms with Gasteiger partial charge in [0.2, 0.25) is 0 Å². The average Bonchev–Trinajstić information content (AvgIpc) is 2.89. The Morgan fingerprint density at radius 3 is 2.64 bits per heavy atom. The Hall–Kier alpha value is -0.790. The van der Waals surface area contributed by atoms with Gasteiger partial charge in [0.25, 0.3) is 0 Å². The Balaban J connectivity index is 0.00000242. The van der Waals surface area contributed by atoms with Crippen LogP contribution in [0.15, 0.2) is 17.3 Å². The lowest BCUT2D eigenvalue weighted by Crippen LogP contribution is -2.40. The average molecular weight is 419 g/mol. The van der Waals surface area contributed by atoms with Crippen LogP contribution in [0.5, 0.6) is 0 Å². The fourth-order valence-electron chi connectivity index (χ4n) is 2.83. The molecule has 1 aromatic rings. The number of hydrogen-bond acceptors (Lipinski definition) is 2. The van der Waals surface area contributed by atoms with E-state index in [0.717, 1.165) is 36.6 Å². The molecule has 1 saturated carbocycles. The van der Waals surface area contributed by atoms with Crippen molar-refractivity contribution in [3.8, 4) is 0 Å². The van der Waals surface area contributed by atoms with Gasteiger partial charge in [0, 0.05) is 26.3 Å². The van der Waals surface area contributed by atoms with Crippen LogP contribution in [0.2, 0.25) is 0 Å². The number of nitrogens with one attached hydrogen (secondary N) is 2. The van der Waals surface area contributed by atoms with Crippen molar-refractivity contribution in [3.63, 3.8) is 0 Å². The number of aromatic nitrogens is 2. The molecule has 0 saturated heterocycles. The molecule has 0 unspecified atom stereocenters.